The van der Waals surface area contributed by atoms with E-state index < -0.39 is 40.7 Å². The van der Waals surface area contributed by atoms with Crippen molar-refractivity contribution in [3.05, 3.63) is 131 Å². The molecule has 0 saturated heterocycles. The van der Waals surface area contributed by atoms with E-state index in [1.807, 2.05) is 0 Å². The maximum Gasteiger partial charge on any atom is 0.411 e. The van der Waals surface area contributed by atoms with Gasteiger partial charge < -0.3 is 10.6 Å². The molecule has 0 fully saturated rings. The molecule has 4 aromatic rings. The lowest BCUT2D eigenvalue weighted by Crippen LogP contribution is -2.54. The SMILES string of the molecule is O=C(Nc1ccccc1)c1ccc(C(c2ccc(C(=O)Nc3ccccc3)cc2)(C(F)(F)F)C(F)(F)F)cc1. The van der Waals surface area contributed by atoms with Gasteiger partial charge in [0.05, 0.1) is 0 Å². The molecule has 4 nitrogen and oxygen atoms in total. The van der Waals surface area contributed by atoms with E-state index >= 15 is 0 Å². The minimum atomic E-state index is -5.81. The second kappa shape index (κ2) is 10.6. The molecular formula is C29H20F6N2O2. The van der Waals surface area contributed by atoms with Gasteiger partial charge in [0.2, 0.25) is 5.41 Å². The van der Waals surface area contributed by atoms with Crippen LogP contribution >= 0.6 is 0 Å². The number of anilines is 2. The van der Waals surface area contributed by atoms with Gasteiger partial charge >= 0.3 is 12.4 Å². The Hall–Kier alpha value is -4.60. The van der Waals surface area contributed by atoms with Crippen LogP contribution in [0.3, 0.4) is 0 Å². The quantitative estimate of drug-likeness (QED) is 0.247. The van der Waals surface area contributed by atoms with E-state index in [1.165, 1.54) is 0 Å². The molecule has 0 saturated carbocycles. The number of carbonyl (C=O) groups excluding carboxylic acids is 2. The largest absolute Gasteiger partial charge is 0.411 e. The summed E-state index contributed by atoms with van der Waals surface area (Å²) >= 11 is 0. The van der Waals surface area contributed by atoms with E-state index in [0.29, 0.717) is 35.6 Å². The molecule has 2 N–H and O–H groups in total. The number of rotatable bonds is 6. The molecule has 0 aliphatic carbocycles. The van der Waals surface area contributed by atoms with Gasteiger partial charge in [0, 0.05) is 22.5 Å². The topological polar surface area (TPSA) is 58.2 Å². The molecule has 0 bridgehead atoms. The van der Waals surface area contributed by atoms with Crippen LogP contribution in [-0.2, 0) is 5.41 Å². The molecule has 0 atom stereocenters. The fourth-order valence-electron chi connectivity index (χ4n) is 4.17. The number of nitrogens with one attached hydrogen (secondary N) is 2. The van der Waals surface area contributed by atoms with E-state index in [1.54, 1.807) is 60.7 Å². The van der Waals surface area contributed by atoms with Crippen molar-refractivity contribution in [2.75, 3.05) is 10.6 Å². The number of alkyl halides is 6. The van der Waals surface area contributed by atoms with Gasteiger partial charge in [-0.1, -0.05) is 60.7 Å². The maximum atomic E-state index is 14.5. The first-order valence-electron chi connectivity index (χ1n) is 11.5. The average molecular weight is 542 g/mol. The molecule has 0 aromatic heterocycles. The van der Waals surface area contributed by atoms with Crippen LogP contribution in [0.1, 0.15) is 31.8 Å². The summed E-state index contributed by atoms with van der Waals surface area (Å²) in [5, 5.41) is 5.04. The molecule has 4 aromatic carbocycles. The Morgan fingerprint density at radius 1 is 0.462 bits per heavy atom. The Morgan fingerprint density at radius 3 is 1.05 bits per heavy atom. The molecule has 2 amide bonds. The number of carbonyl (C=O) groups is 2. The first-order valence-corrected chi connectivity index (χ1v) is 11.5. The zero-order chi connectivity index (χ0) is 28.3. The predicted molar refractivity (Wildman–Crippen MR) is 135 cm³/mol. The van der Waals surface area contributed by atoms with E-state index in [4.69, 9.17) is 0 Å². The number of halogens is 6. The zero-order valence-electron chi connectivity index (χ0n) is 20.0. The maximum absolute atomic E-state index is 14.5. The van der Waals surface area contributed by atoms with Crippen LogP contribution in [0, 0.1) is 0 Å². The van der Waals surface area contributed by atoms with Crippen molar-refractivity contribution in [3.63, 3.8) is 0 Å². The summed E-state index contributed by atoms with van der Waals surface area (Å²) in [6.07, 6.45) is -11.6. The van der Waals surface area contributed by atoms with Gasteiger partial charge in [-0.2, -0.15) is 26.3 Å². The van der Waals surface area contributed by atoms with Crippen LogP contribution in [-0.4, -0.2) is 24.2 Å². The van der Waals surface area contributed by atoms with Gasteiger partial charge in [0.1, 0.15) is 0 Å². The third kappa shape index (κ3) is 5.50. The first kappa shape index (κ1) is 27.4. The molecule has 4 rings (SSSR count). The monoisotopic (exact) mass is 542 g/mol. The number of hydrogen-bond donors (Lipinski definition) is 2. The van der Waals surface area contributed by atoms with Crippen LogP contribution in [0.25, 0.3) is 0 Å². The van der Waals surface area contributed by atoms with Crippen LogP contribution < -0.4 is 10.6 Å². The zero-order valence-corrected chi connectivity index (χ0v) is 20.0. The van der Waals surface area contributed by atoms with Crippen molar-refractivity contribution < 1.29 is 35.9 Å². The Bertz CT molecular complexity index is 1320. The molecule has 0 aliphatic heterocycles. The molecule has 0 radical (unpaired) electrons. The Kier molecular flexibility index (Phi) is 7.49. The summed E-state index contributed by atoms with van der Waals surface area (Å²) in [6.45, 7) is 0. The van der Waals surface area contributed by atoms with Gasteiger partial charge in [0.25, 0.3) is 11.8 Å². The summed E-state index contributed by atoms with van der Waals surface area (Å²) in [6, 6.07) is 22.5. The molecular weight excluding hydrogens is 522 g/mol. The van der Waals surface area contributed by atoms with Crippen molar-refractivity contribution in [1.82, 2.24) is 0 Å². The van der Waals surface area contributed by atoms with E-state index in [9.17, 15) is 35.9 Å². The second-order valence-electron chi connectivity index (χ2n) is 8.54. The van der Waals surface area contributed by atoms with Gasteiger partial charge in [-0.3, -0.25) is 9.59 Å². The summed E-state index contributed by atoms with van der Waals surface area (Å²) in [7, 11) is 0. The minimum absolute atomic E-state index is 0.131. The summed E-state index contributed by atoms with van der Waals surface area (Å²) in [5.41, 5.74) is -6.11. The fraction of sp³-hybridized carbons (Fsp3) is 0.103. The molecule has 39 heavy (non-hydrogen) atoms. The molecule has 0 spiro atoms. The third-order valence-electron chi connectivity index (χ3n) is 6.07. The van der Waals surface area contributed by atoms with Gasteiger partial charge in [-0.05, 0) is 59.7 Å². The van der Waals surface area contributed by atoms with Crippen molar-refractivity contribution in [1.29, 1.82) is 0 Å². The Labute approximate surface area is 219 Å². The lowest BCUT2D eigenvalue weighted by molar-refractivity contribution is -0.288. The number of hydrogen-bond acceptors (Lipinski definition) is 2. The number of para-hydroxylation sites is 2. The third-order valence-corrected chi connectivity index (χ3v) is 6.07. The van der Waals surface area contributed by atoms with Crippen molar-refractivity contribution >= 4 is 23.2 Å². The highest BCUT2D eigenvalue weighted by Gasteiger charge is 2.72. The van der Waals surface area contributed by atoms with Crippen molar-refractivity contribution in [2.24, 2.45) is 0 Å². The molecule has 0 heterocycles. The number of amides is 2. The molecule has 0 unspecified atom stereocenters. The molecule has 10 heteroatoms. The van der Waals surface area contributed by atoms with E-state index in [-0.39, 0.29) is 11.1 Å². The van der Waals surface area contributed by atoms with Gasteiger partial charge in [-0.15, -0.1) is 0 Å². The predicted octanol–water partition coefficient (Wildman–Crippen LogP) is 7.60. The number of benzene rings is 4. The standard InChI is InChI=1S/C29H20F6N2O2/c30-28(31,32)27(29(33,34)35,21-15-11-19(12-16-21)25(38)36-23-7-3-1-4-8-23)22-17-13-20(14-18-22)26(39)37-24-9-5-2-6-10-24/h1-18H,(H,36,38)(H,37,39). The van der Waals surface area contributed by atoms with Crippen LogP contribution in [0.2, 0.25) is 0 Å². The van der Waals surface area contributed by atoms with Crippen LogP contribution in [0.5, 0.6) is 0 Å². The Morgan fingerprint density at radius 2 is 0.769 bits per heavy atom. The lowest BCUT2D eigenvalue weighted by Gasteiger charge is -2.38. The smallest absolute Gasteiger partial charge is 0.322 e. The van der Waals surface area contributed by atoms with Crippen LogP contribution in [0.4, 0.5) is 37.7 Å². The van der Waals surface area contributed by atoms with E-state index in [0.717, 1.165) is 24.3 Å². The summed E-state index contributed by atoms with van der Waals surface area (Å²) < 4.78 is 86.7. The average Bonchev–Trinajstić information content (AvgIpc) is 2.89. The summed E-state index contributed by atoms with van der Waals surface area (Å²) in [4.78, 5) is 25.0. The fourth-order valence-corrected chi connectivity index (χ4v) is 4.17. The normalized spacial score (nSPS) is 12.1. The Balaban J connectivity index is 1.70. The highest BCUT2D eigenvalue weighted by atomic mass is 19.4. The van der Waals surface area contributed by atoms with Crippen molar-refractivity contribution in [3.8, 4) is 0 Å². The minimum Gasteiger partial charge on any atom is -0.322 e. The molecule has 0 aliphatic rings. The highest BCUT2D eigenvalue weighted by molar-refractivity contribution is 6.05. The van der Waals surface area contributed by atoms with Crippen molar-refractivity contribution in [2.45, 2.75) is 17.8 Å². The van der Waals surface area contributed by atoms with Gasteiger partial charge in [-0.25, -0.2) is 0 Å². The highest BCUT2D eigenvalue weighted by Crippen LogP contribution is 2.56. The summed E-state index contributed by atoms with van der Waals surface area (Å²) in [5.74, 6) is -1.41. The van der Waals surface area contributed by atoms with E-state index in [2.05, 4.69) is 10.6 Å². The van der Waals surface area contributed by atoms with Crippen LogP contribution in [0.15, 0.2) is 109 Å². The first-order chi connectivity index (χ1) is 18.4. The second-order valence-corrected chi connectivity index (χ2v) is 8.54. The van der Waals surface area contributed by atoms with Gasteiger partial charge in [0.15, 0.2) is 0 Å². The lowest BCUT2D eigenvalue weighted by atomic mass is 9.72. The molecule has 200 valence electrons.